The SMILES string of the molecule is Cc1cccnc1C(=O)N1CCC(=NO)CC1. The number of likely N-dealkylation sites (tertiary alicyclic amines) is 1. The Hall–Kier alpha value is -1.91. The minimum absolute atomic E-state index is 0.0416. The molecule has 1 aliphatic heterocycles. The monoisotopic (exact) mass is 233 g/mol. The Labute approximate surface area is 99.8 Å². The molecule has 0 spiro atoms. The van der Waals surface area contributed by atoms with E-state index < -0.39 is 0 Å². The van der Waals surface area contributed by atoms with Crippen LogP contribution in [-0.2, 0) is 0 Å². The Morgan fingerprint density at radius 2 is 2.18 bits per heavy atom. The van der Waals surface area contributed by atoms with Crippen LogP contribution < -0.4 is 0 Å². The first-order valence-corrected chi connectivity index (χ1v) is 5.63. The summed E-state index contributed by atoms with van der Waals surface area (Å²) in [5.74, 6) is -0.0416. The van der Waals surface area contributed by atoms with Crippen LogP contribution in [0.4, 0.5) is 0 Å². The number of oxime groups is 1. The summed E-state index contributed by atoms with van der Waals surface area (Å²) in [6, 6.07) is 3.70. The van der Waals surface area contributed by atoms with Crippen LogP contribution in [0.25, 0.3) is 0 Å². The maximum absolute atomic E-state index is 12.2. The highest BCUT2D eigenvalue weighted by Gasteiger charge is 2.22. The molecule has 2 rings (SSSR count). The maximum Gasteiger partial charge on any atom is 0.272 e. The zero-order valence-electron chi connectivity index (χ0n) is 9.76. The molecule has 0 aromatic carbocycles. The Morgan fingerprint density at radius 3 is 2.76 bits per heavy atom. The van der Waals surface area contributed by atoms with Gasteiger partial charge in [0.25, 0.3) is 5.91 Å². The molecule has 1 N–H and O–H groups in total. The standard InChI is InChI=1S/C12H15N3O2/c1-9-3-2-6-13-11(9)12(16)15-7-4-10(14-17)5-8-15/h2-3,6,17H,4-5,7-8H2,1H3. The number of nitrogens with zero attached hydrogens (tertiary/aromatic N) is 3. The van der Waals surface area contributed by atoms with E-state index in [-0.39, 0.29) is 5.91 Å². The van der Waals surface area contributed by atoms with Gasteiger partial charge in [-0.25, -0.2) is 0 Å². The Bertz CT molecular complexity index is 447. The summed E-state index contributed by atoms with van der Waals surface area (Å²) in [6.07, 6.45) is 2.90. The van der Waals surface area contributed by atoms with E-state index in [1.807, 2.05) is 19.1 Å². The van der Waals surface area contributed by atoms with Gasteiger partial charge >= 0.3 is 0 Å². The number of rotatable bonds is 1. The summed E-state index contributed by atoms with van der Waals surface area (Å²) in [5, 5.41) is 11.8. The number of pyridine rings is 1. The molecule has 0 bridgehead atoms. The van der Waals surface area contributed by atoms with Crippen LogP contribution >= 0.6 is 0 Å². The average Bonchev–Trinajstić information content (AvgIpc) is 2.39. The number of piperidine rings is 1. The predicted molar refractivity (Wildman–Crippen MR) is 63.3 cm³/mol. The fourth-order valence-electron chi connectivity index (χ4n) is 1.93. The molecule has 0 atom stereocenters. The van der Waals surface area contributed by atoms with E-state index in [1.54, 1.807) is 11.1 Å². The number of aryl methyl sites for hydroxylation is 1. The van der Waals surface area contributed by atoms with Gasteiger partial charge < -0.3 is 10.1 Å². The predicted octanol–water partition coefficient (Wildman–Crippen LogP) is 1.46. The van der Waals surface area contributed by atoms with Crippen molar-refractivity contribution < 1.29 is 10.0 Å². The molecule has 1 aromatic heterocycles. The molecule has 0 radical (unpaired) electrons. The molecule has 1 amide bonds. The average molecular weight is 233 g/mol. The minimum Gasteiger partial charge on any atom is -0.411 e. The van der Waals surface area contributed by atoms with Crippen molar-refractivity contribution in [3.63, 3.8) is 0 Å². The lowest BCUT2D eigenvalue weighted by molar-refractivity contribution is 0.0747. The van der Waals surface area contributed by atoms with Crippen LogP contribution in [0.2, 0.25) is 0 Å². The Balaban J connectivity index is 2.10. The summed E-state index contributed by atoms with van der Waals surface area (Å²) < 4.78 is 0. The van der Waals surface area contributed by atoms with E-state index >= 15 is 0 Å². The van der Waals surface area contributed by atoms with Crippen LogP contribution in [-0.4, -0.2) is 39.8 Å². The van der Waals surface area contributed by atoms with Gasteiger partial charge in [-0.05, 0) is 18.6 Å². The number of hydrogen-bond acceptors (Lipinski definition) is 4. The van der Waals surface area contributed by atoms with E-state index in [0.29, 0.717) is 31.6 Å². The van der Waals surface area contributed by atoms with Crippen molar-refractivity contribution >= 4 is 11.6 Å². The smallest absolute Gasteiger partial charge is 0.272 e. The molecule has 5 heteroatoms. The van der Waals surface area contributed by atoms with E-state index in [1.165, 1.54) is 0 Å². The van der Waals surface area contributed by atoms with Gasteiger partial charge in [-0.15, -0.1) is 0 Å². The van der Waals surface area contributed by atoms with Crippen LogP contribution in [0.3, 0.4) is 0 Å². The van der Waals surface area contributed by atoms with Crippen LogP contribution in [0.1, 0.15) is 28.9 Å². The first kappa shape index (κ1) is 11.6. The van der Waals surface area contributed by atoms with Gasteiger partial charge in [-0.3, -0.25) is 9.78 Å². The maximum atomic E-state index is 12.2. The third-order valence-corrected chi connectivity index (χ3v) is 2.98. The van der Waals surface area contributed by atoms with Crippen LogP contribution in [0, 0.1) is 6.92 Å². The molecule has 5 nitrogen and oxygen atoms in total. The first-order chi connectivity index (χ1) is 8.22. The van der Waals surface area contributed by atoms with Crippen molar-refractivity contribution in [2.75, 3.05) is 13.1 Å². The molecular formula is C12H15N3O2. The summed E-state index contributed by atoms with van der Waals surface area (Å²) in [5.41, 5.74) is 2.16. The fraction of sp³-hybridized carbons (Fsp3) is 0.417. The Kier molecular flexibility index (Phi) is 3.37. The number of aromatic nitrogens is 1. The second-order valence-electron chi connectivity index (χ2n) is 4.13. The normalized spacial score (nSPS) is 15.8. The van der Waals surface area contributed by atoms with Gasteiger partial charge in [0.15, 0.2) is 0 Å². The molecule has 90 valence electrons. The third kappa shape index (κ3) is 2.43. The second-order valence-corrected chi connectivity index (χ2v) is 4.13. The summed E-state index contributed by atoms with van der Waals surface area (Å²) in [6.45, 7) is 3.06. The zero-order chi connectivity index (χ0) is 12.3. The molecule has 2 heterocycles. The third-order valence-electron chi connectivity index (χ3n) is 2.98. The Morgan fingerprint density at radius 1 is 1.47 bits per heavy atom. The second kappa shape index (κ2) is 4.95. The molecule has 1 aliphatic rings. The van der Waals surface area contributed by atoms with E-state index in [0.717, 1.165) is 11.3 Å². The number of hydrogen-bond donors (Lipinski definition) is 1. The highest BCUT2D eigenvalue weighted by molar-refractivity contribution is 5.95. The van der Waals surface area contributed by atoms with Gasteiger partial charge in [0.05, 0.1) is 5.71 Å². The van der Waals surface area contributed by atoms with Gasteiger partial charge in [-0.1, -0.05) is 11.2 Å². The van der Waals surface area contributed by atoms with E-state index in [4.69, 9.17) is 5.21 Å². The zero-order valence-corrected chi connectivity index (χ0v) is 9.76. The van der Waals surface area contributed by atoms with Crippen molar-refractivity contribution in [3.05, 3.63) is 29.6 Å². The fourth-order valence-corrected chi connectivity index (χ4v) is 1.93. The quantitative estimate of drug-likeness (QED) is 0.590. The van der Waals surface area contributed by atoms with E-state index in [9.17, 15) is 4.79 Å². The van der Waals surface area contributed by atoms with Gasteiger partial charge in [0, 0.05) is 32.1 Å². The van der Waals surface area contributed by atoms with Crippen molar-refractivity contribution in [2.45, 2.75) is 19.8 Å². The van der Waals surface area contributed by atoms with Gasteiger partial charge in [-0.2, -0.15) is 0 Å². The lowest BCUT2D eigenvalue weighted by atomic mass is 10.1. The molecule has 0 aliphatic carbocycles. The topological polar surface area (TPSA) is 65.8 Å². The van der Waals surface area contributed by atoms with Crippen molar-refractivity contribution in [1.82, 2.24) is 9.88 Å². The summed E-state index contributed by atoms with van der Waals surface area (Å²) in [4.78, 5) is 18.1. The van der Waals surface area contributed by atoms with Crippen molar-refractivity contribution in [2.24, 2.45) is 5.16 Å². The van der Waals surface area contributed by atoms with Crippen molar-refractivity contribution in [3.8, 4) is 0 Å². The van der Waals surface area contributed by atoms with E-state index in [2.05, 4.69) is 10.1 Å². The lowest BCUT2D eigenvalue weighted by Gasteiger charge is -2.27. The highest BCUT2D eigenvalue weighted by atomic mass is 16.4. The molecular weight excluding hydrogens is 218 g/mol. The number of carbonyl (C=O) groups is 1. The van der Waals surface area contributed by atoms with Crippen molar-refractivity contribution in [1.29, 1.82) is 0 Å². The number of carbonyl (C=O) groups excluding carboxylic acids is 1. The molecule has 1 saturated heterocycles. The van der Waals surface area contributed by atoms with Crippen LogP contribution in [0.5, 0.6) is 0 Å². The number of amides is 1. The van der Waals surface area contributed by atoms with Crippen LogP contribution in [0.15, 0.2) is 23.5 Å². The molecule has 1 aromatic rings. The largest absolute Gasteiger partial charge is 0.411 e. The summed E-state index contributed by atoms with van der Waals surface area (Å²) >= 11 is 0. The lowest BCUT2D eigenvalue weighted by Crippen LogP contribution is -2.39. The summed E-state index contributed by atoms with van der Waals surface area (Å²) in [7, 11) is 0. The molecule has 0 saturated carbocycles. The minimum atomic E-state index is -0.0416. The van der Waals surface area contributed by atoms with Gasteiger partial charge in [0.2, 0.25) is 0 Å². The first-order valence-electron chi connectivity index (χ1n) is 5.63. The molecule has 1 fully saturated rings. The molecule has 0 unspecified atom stereocenters. The van der Waals surface area contributed by atoms with Gasteiger partial charge in [0.1, 0.15) is 5.69 Å². The highest BCUT2D eigenvalue weighted by Crippen LogP contribution is 2.13. The molecule has 17 heavy (non-hydrogen) atoms.